The van der Waals surface area contributed by atoms with E-state index in [4.69, 9.17) is 22.6 Å². The molecule has 0 bridgehead atoms. The number of guanidine groups is 1. The minimum absolute atomic E-state index is 0.0495. The van der Waals surface area contributed by atoms with Crippen molar-refractivity contribution in [3.05, 3.63) is 54.2 Å². The van der Waals surface area contributed by atoms with Crippen LogP contribution in [-0.2, 0) is 70.4 Å². The Hall–Kier alpha value is -9.16. The Bertz CT molecular complexity index is 2860. The Morgan fingerprint density at radius 2 is 1.27 bits per heavy atom. The summed E-state index contributed by atoms with van der Waals surface area (Å²) in [5, 5.41) is 57.1. The summed E-state index contributed by atoms with van der Waals surface area (Å²) in [6.45, 7) is 7.14. The first-order valence-electron chi connectivity index (χ1n) is 27.9. The van der Waals surface area contributed by atoms with Crippen LogP contribution in [0.3, 0.4) is 0 Å². The number of imidazole rings is 1. The molecule has 1 aliphatic rings. The van der Waals surface area contributed by atoms with Crippen LogP contribution < -0.4 is 59.7 Å². The zero-order chi connectivity index (χ0) is 63.1. The van der Waals surface area contributed by atoms with Gasteiger partial charge in [-0.25, -0.2) is 9.78 Å². The lowest BCUT2D eigenvalue weighted by atomic mass is 9.96. The van der Waals surface area contributed by atoms with E-state index in [2.05, 4.69) is 57.5 Å². The quantitative estimate of drug-likeness (QED) is 0.0162. The summed E-state index contributed by atoms with van der Waals surface area (Å²) in [4.78, 5) is 171. The summed E-state index contributed by atoms with van der Waals surface area (Å²) in [5.74, 6) is -13.7. The lowest BCUT2D eigenvalue weighted by Gasteiger charge is -2.32. The lowest BCUT2D eigenvalue weighted by molar-refractivity contribution is -0.143. The molecular formula is C54H80N16O15. The number of carboxylic acid groups (broad SMARTS) is 3. The Morgan fingerprint density at radius 1 is 0.694 bits per heavy atom. The fourth-order valence-corrected chi connectivity index (χ4v) is 9.42. The van der Waals surface area contributed by atoms with E-state index in [-0.39, 0.29) is 43.9 Å². The molecule has 1 fully saturated rings. The molecule has 0 aliphatic carbocycles. The highest BCUT2D eigenvalue weighted by atomic mass is 16.4. The second-order valence-electron chi connectivity index (χ2n) is 21.2. The molecule has 1 aromatic carbocycles. The van der Waals surface area contributed by atoms with Crippen LogP contribution in [0, 0.1) is 17.2 Å². The van der Waals surface area contributed by atoms with Gasteiger partial charge in [0.05, 0.1) is 18.1 Å². The van der Waals surface area contributed by atoms with Gasteiger partial charge in [-0.05, 0) is 68.4 Å². The van der Waals surface area contributed by atoms with E-state index in [0.717, 1.165) is 10.9 Å². The van der Waals surface area contributed by atoms with Gasteiger partial charge in [0, 0.05) is 68.5 Å². The van der Waals surface area contributed by atoms with Crippen LogP contribution >= 0.6 is 0 Å². The summed E-state index contributed by atoms with van der Waals surface area (Å²) in [5.41, 5.74) is 18.3. The van der Waals surface area contributed by atoms with Crippen molar-refractivity contribution in [1.82, 2.24) is 62.4 Å². The SMILES string of the molecule is CC[C@H](C)[C@H](NC(=O)[C@@H](N)CCCNC(=N)N)C(=O)N[C@@H](Cc1c[nH]c2ccccc12)C(=O)N1CCC[C@H]1C(=O)N[C@H](C(=O)N[C@@H](Cc1c[nH]cn1)C(=O)N[C@@H](CCC(=O)O)C(=O)N[C@@H](CCC(=O)O)C(=O)N[C@@H](CCC(N)=O)C(=O)O)C(C)C. The number of H-pyrrole nitrogens is 2. The molecule has 31 nitrogen and oxygen atoms in total. The van der Waals surface area contributed by atoms with Gasteiger partial charge in [-0.1, -0.05) is 52.3 Å². The van der Waals surface area contributed by atoms with Crippen LogP contribution in [-0.4, -0.2) is 180 Å². The molecule has 10 atom stereocenters. The van der Waals surface area contributed by atoms with Gasteiger partial charge in [-0.3, -0.25) is 58.1 Å². The average Bonchev–Trinajstić information content (AvgIpc) is 4.49. The number of hydrogen-bond acceptors (Lipinski definition) is 15. The Balaban J connectivity index is 1.59. The molecule has 0 saturated carbocycles. The van der Waals surface area contributed by atoms with E-state index in [1.54, 1.807) is 27.0 Å². The van der Waals surface area contributed by atoms with Crippen LogP contribution in [0.1, 0.15) is 110 Å². The number of primary amides is 1. The predicted octanol–water partition coefficient (Wildman–Crippen LogP) is -2.57. The number of nitrogens with one attached hydrogen (secondary N) is 11. The van der Waals surface area contributed by atoms with E-state index in [9.17, 15) is 72.9 Å². The van der Waals surface area contributed by atoms with Crippen molar-refractivity contribution in [1.29, 1.82) is 5.41 Å². The standard InChI is InChI=1S/C54H80N16O15/c1-5-28(4)44(69-45(76)32(55)11-8-20-60-54(57)58)51(82)67-38(22-29-24-61-33-12-7-6-10-31(29)33)52(83)70-21-9-13-39(70)49(80)68-43(27(2)3)50(81)66-37(23-30-25-59-26-62-30)48(79)64-34(15-18-41(72)73)46(77)63-35(16-19-42(74)75)47(78)65-36(53(84)85)14-17-40(56)71/h6-7,10,12,24-28,32,34-39,43-44,61H,5,8-9,11,13-23,55H2,1-4H3,(H2,56,71)(H,59,62)(H,63,77)(H,64,79)(H,65,78)(H,66,81)(H,67,82)(H,68,80)(H,69,76)(H,72,73)(H,74,75)(H,84,85)(H4,57,58,60)/t28-,32-,34-,35-,36-,37-,38-,39-,43-,44-/m0/s1. The highest BCUT2D eigenvalue weighted by Gasteiger charge is 2.42. The number of carbonyl (C=O) groups excluding carboxylic acids is 9. The topological polar surface area (TPSA) is 511 Å². The van der Waals surface area contributed by atoms with Crippen LogP contribution in [0.25, 0.3) is 10.9 Å². The fraction of sp³-hybridized carbons (Fsp3) is 0.556. The molecule has 85 heavy (non-hydrogen) atoms. The smallest absolute Gasteiger partial charge is 0.326 e. The number of hydrogen-bond donors (Lipinski definition) is 17. The van der Waals surface area contributed by atoms with Crippen molar-refractivity contribution in [2.75, 3.05) is 13.1 Å². The van der Waals surface area contributed by atoms with Crippen molar-refractivity contribution in [3.63, 3.8) is 0 Å². The Morgan fingerprint density at radius 3 is 1.84 bits per heavy atom. The summed E-state index contributed by atoms with van der Waals surface area (Å²) in [6, 6.07) is -5.56. The number of aliphatic carboxylic acids is 3. The Kier molecular flexibility index (Phi) is 26.7. The first kappa shape index (κ1) is 68.3. The average molecular weight is 1190 g/mol. The number of amides is 9. The van der Waals surface area contributed by atoms with Crippen molar-refractivity contribution >= 4 is 87.9 Å². The zero-order valence-corrected chi connectivity index (χ0v) is 47.9. The summed E-state index contributed by atoms with van der Waals surface area (Å²) >= 11 is 0. The molecule has 4 rings (SSSR count). The van der Waals surface area contributed by atoms with Crippen LogP contribution in [0.5, 0.6) is 0 Å². The van der Waals surface area contributed by atoms with E-state index >= 15 is 0 Å². The van der Waals surface area contributed by atoms with Crippen molar-refractivity contribution in [2.24, 2.45) is 29.0 Å². The van der Waals surface area contributed by atoms with Crippen LogP contribution in [0.15, 0.2) is 43.0 Å². The zero-order valence-electron chi connectivity index (χ0n) is 47.9. The number of nitrogens with zero attached hydrogens (tertiary/aromatic N) is 2. The number of aromatic amines is 2. The number of rotatable bonds is 36. The number of carbonyl (C=O) groups is 12. The third kappa shape index (κ3) is 21.5. The third-order valence-electron chi connectivity index (χ3n) is 14.4. The first-order valence-corrected chi connectivity index (χ1v) is 27.9. The maximum absolute atomic E-state index is 15.0. The highest BCUT2D eigenvalue weighted by molar-refractivity contribution is 5.99. The second-order valence-corrected chi connectivity index (χ2v) is 21.2. The maximum atomic E-state index is 15.0. The van der Waals surface area contributed by atoms with E-state index < -0.39 is 176 Å². The molecule has 20 N–H and O–H groups in total. The number of nitrogens with two attached hydrogens (primary N) is 3. The molecule has 466 valence electrons. The molecule has 31 heteroatoms. The van der Waals surface area contributed by atoms with E-state index in [0.29, 0.717) is 31.4 Å². The number of likely N-dealkylation sites (tertiary alicyclic amines) is 1. The minimum atomic E-state index is -1.78. The monoisotopic (exact) mass is 1190 g/mol. The van der Waals surface area contributed by atoms with Crippen LogP contribution in [0.4, 0.5) is 0 Å². The number of fused-ring (bicyclic) bond motifs is 1. The molecule has 2 aromatic heterocycles. The van der Waals surface area contributed by atoms with Gasteiger partial charge in [0.2, 0.25) is 53.2 Å². The molecule has 3 aromatic rings. The summed E-state index contributed by atoms with van der Waals surface area (Å²) in [6.07, 6.45) is 1.91. The second kappa shape index (κ2) is 33.2. The third-order valence-corrected chi connectivity index (χ3v) is 14.4. The molecule has 0 radical (unpaired) electrons. The molecule has 1 aliphatic heterocycles. The Labute approximate surface area is 489 Å². The summed E-state index contributed by atoms with van der Waals surface area (Å²) < 4.78 is 0. The van der Waals surface area contributed by atoms with Crippen molar-refractivity contribution < 1.29 is 72.9 Å². The van der Waals surface area contributed by atoms with Gasteiger partial charge >= 0.3 is 17.9 Å². The number of carboxylic acids is 3. The van der Waals surface area contributed by atoms with Crippen molar-refractivity contribution in [3.8, 4) is 0 Å². The van der Waals surface area contributed by atoms with Gasteiger partial charge in [-0.2, -0.15) is 0 Å². The summed E-state index contributed by atoms with van der Waals surface area (Å²) in [7, 11) is 0. The molecule has 0 spiro atoms. The predicted molar refractivity (Wildman–Crippen MR) is 304 cm³/mol. The minimum Gasteiger partial charge on any atom is -0.481 e. The largest absolute Gasteiger partial charge is 0.481 e. The van der Waals surface area contributed by atoms with Gasteiger partial charge < -0.3 is 89.9 Å². The van der Waals surface area contributed by atoms with Gasteiger partial charge in [0.25, 0.3) is 0 Å². The number of aromatic nitrogens is 3. The molecule has 1 saturated heterocycles. The highest BCUT2D eigenvalue weighted by Crippen LogP contribution is 2.24. The number of para-hydroxylation sites is 1. The molecule has 9 amide bonds. The molecule has 0 unspecified atom stereocenters. The van der Waals surface area contributed by atoms with Gasteiger partial charge in [-0.15, -0.1) is 0 Å². The fourth-order valence-electron chi connectivity index (χ4n) is 9.42. The normalized spacial score (nSPS) is 16.2. The van der Waals surface area contributed by atoms with Crippen molar-refractivity contribution in [2.45, 2.75) is 166 Å². The van der Waals surface area contributed by atoms with E-state index in [1.807, 2.05) is 31.2 Å². The van der Waals surface area contributed by atoms with Gasteiger partial charge in [0.15, 0.2) is 5.96 Å². The van der Waals surface area contributed by atoms with Crippen LogP contribution in [0.2, 0.25) is 0 Å². The first-order chi connectivity index (χ1) is 40.2. The maximum Gasteiger partial charge on any atom is 0.326 e. The van der Waals surface area contributed by atoms with Gasteiger partial charge in [0.1, 0.15) is 48.3 Å². The molecular weight excluding hydrogens is 1110 g/mol. The molecule has 3 heterocycles. The number of benzene rings is 1. The lowest BCUT2D eigenvalue weighted by Crippen LogP contribution is -2.61. The van der Waals surface area contributed by atoms with E-state index in [1.165, 1.54) is 17.4 Å².